The fourth-order valence-electron chi connectivity index (χ4n) is 8.18. The van der Waals surface area contributed by atoms with Gasteiger partial charge in [0.2, 0.25) is 5.91 Å². The molecule has 1 aliphatic carbocycles. The largest absolute Gasteiger partial charge is 0.504 e. The lowest BCUT2D eigenvalue weighted by Gasteiger charge is -2.43. The zero-order valence-corrected chi connectivity index (χ0v) is 27.8. The molecular formula is C40H37N3O7. The zero-order chi connectivity index (χ0) is 34.5. The van der Waals surface area contributed by atoms with Crippen LogP contribution in [-0.4, -0.2) is 77.3 Å². The van der Waals surface area contributed by atoms with Gasteiger partial charge in [0.1, 0.15) is 18.7 Å². The van der Waals surface area contributed by atoms with Crippen LogP contribution >= 0.6 is 0 Å². The normalized spacial score (nSPS) is 19.5. The first-order valence-corrected chi connectivity index (χ1v) is 16.9. The van der Waals surface area contributed by atoms with Crippen molar-refractivity contribution in [1.29, 1.82) is 0 Å². The number of H-pyrrole nitrogens is 1. The Labute approximate surface area is 289 Å². The number of fused-ring (bicyclic) bond motifs is 6. The van der Waals surface area contributed by atoms with Crippen molar-refractivity contribution in [2.45, 2.75) is 43.3 Å². The minimum Gasteiger partial charge on any atom is -0.504 e. The van der Waals surface area contributed by atoms with Crippen LogP contribution in [0, 0.1) is 0 Å². The molecular weight excluding hydrogens is 634 g/mol. The van der Waals surface area contributed by atoms with Gasteiger partial charge in [-0.3, -0.25) is 9.69 Å². The lowest BCUT2D eigenvalue weighted by Crippen LogP contribution is -2.57. The molecule has 3 aliphatic rings. The summed E-state index contributed by atoms with van der Waals surface area (Å²) in [4.78, 5) is 49.0. The third-order valence-electron chi connectivity index (χ3n) is 10.5. The third kappa shape index (κ3) is 5.05. The van der Waals surface area contributed by atoms with Crippen molar-refractivity contribution < 1.29 is 33.7 Å². The van der Waals surface area contributed by atoms with Gasteiger partial charge in [-0.25, -0.2) is 9.59 Å². The van der Waals surface area contributed by atoms with E-state index in [1.807, 2.05) is 48.5 Å². The van der Waals surface area contributed by atoms with E-state index in [4.69, 9.17) is 14.2 Å². The van der Waals surface area contributed by atoms with Gasteiger partial charge >= 0.3 is 12.1 Å². The minimum absolute atomic E-state index is 0.0523. The smallest absolute Gasteiger partial charge is 0.410 e. The molecule has 0 saturated carbocycles. The van der Waals surface area contributed by atoms with E-state index in [0.29, 0.717) is 24.9 Å². The summed E-state index contributed by atoms with van der Waals surface area (Å²) >= 11 is 0. The van der Waals surface area contributed by atoms with Crippen LogP contribution in [0.5, 0.6) is 11.5 Å². The summed E-state index contributed by atoms with van der Waals surface area (Å²) in [5.41, 5.74) is 7.61. The van der Waals surface area contributed by atoms with Crippen LogP contribution in [0.25, 0.3) is 22.0 Å². The number of rotatable bonds is 6. The first-order chi connectivity index (χ1) is 24.4. The van der Waals surface area contributed by atoms with Crippen LogP contribution in [0.3, 0.4) is 0 Å². The molecule has 5 aromatic rings. The number of phenolic OH excluding ortho intramolecular Hbond substituents is 1. The van der Waals surface area contributed by atoms with Gasteiger partial charge in [0.25, 0.3) is 0 Å². The predicted octanol–water partition coefficient (Wildman–Crippen LogP) is 6.31. The summed E-state index contributed by atoms with van der Waals surface area (Å²) in [6.07, 6.45) is 0.676. The number of nitrogens with one attached hydrogen (secondary N) is 1. The van der Waals surface area contributed by atoms with E-state index in [9.17, 15) is 19.5 Å². The van der Waals surface area contributed by atoms with E-state index < -0.39 is 30.2 Å². The Morgan fingerprint density at radius 3 is 2.30 bits per heavy atom. The average molecular weight is 672 g/mol. The van der Waals surface area contributed by atoms with Crippen molar-refractivity contribution >= 4 is 28.9 Å². The van der Waals surface area contributed by atoms with Gasteiger partial charge < -0.3 is 29.2 Å². The lowest BCUT2D eigenvalue weighted by atomic mass is 9.87. The second-order valence-corrected chi connectivity index (χ2v) is 13.0. The monoisotopic (exact) mass is 671 g/mol. The maximum absolute atomic E-state index is 14.9. The summed E-state index contributed by atoms with van der Waals surface area (Å²) in [7, 11) is 2.77. The van der Waals surface area contributed by atoms with Crippen LogP contribution in [0.2, 0.25) is 0 Å². The van der Waals surface area contributed by atoms with E-state index in [1.165, 1.54) is 25.2 Å². The number of carbonyl (C=O) groups excluding carboxylic acids is 3. The number of aromatic nitrogens is 1. The topological polar surface area (TPSA) is 121 Å². The highest BCUT2D eigenvalue weighted by molar-refractivity contribution is 5.94. The molecule has 0 spiro atoms. The molecule has 254 valence electrons. The number of para-hydroxylation sites is 1. The van der Waals surface area contributed by atoms with Crippen molar-refractivity contribution in [2.75, 3.05) is 27.4 Å². The molecule has 8 rings (SSSR count). The lowest BCUT2D eigenvalue weighted by molar-refractivity contribution is -0.156. The molecule has 2 N–H and O–H groups in total. The van der Waals surface area contributed by atoms with E-state index in [1.54, 1.807) is 17.0 Å². The Morgan fingerprint density at radius 2 is 1.58 bits per heavy atom. The van der Waals surface area contributed by atoms with Gasteiger partial charge in [-0.1, -0.05) is 72.8 Å². The number of aromatic hydroxyl groups is 1. The summed E-state index contributed by atoms with van der Waals surface area (Å²) < 4.78 is 16.8. The van der Waals surface area contributed by atoms with Crippen molar-refractivity contribution in [3.8, 4) is 22.6 Å². The summed E-state index contributed by atoms with van der Waals surface area (Å²) in [6, 6.07) is 26.4. The second kappa shape index (κ2) is 12.6. The van der Waals surface area contributed by atoms with Crippen LogP contribution in [0.15, 0.2) is 91.0 Å². The maximum Gasteiger partial charge on any atom is 0.410 e. The number of esters is 1. The Bertz CT molecular complexity index is 2100. The van der Waals surface area contributed by atoms with Gasteiger partial charge in [-0.2, -0.15) is 0 Å². The number of nitrogens with zero attached hydrogens (tertiary/aromatic N) is 2. The number of phenols is 1. The van der Waals surface area contributed by atoms with Crippen LogP contribution in [0.1, 0.15) is 52.7 Å². The maximum atomic E-state index is 14.9. The van der Waals surface area contributed by atoms with Gasteiger partial charge in [-0.05, 0) is 64.4 Å². The molecule has 3 heterocycles. The number of ether oxygens (including phenoxy) is 3. The number of aromatic amines is 1. The summed E-state index contributed by atoms with van der Waals surface area (Å²) in [5, 5.41) is 11.4. The molecule has 50 heavy (non-hydrogen) atoms. The standard InChI is InChI=1S/C40H37N3O7/c1-48-35-20-23(17-18-34(35)44)37-36-29(28-14-7-8-15-31(28)41-36)21-33(39(46)49-2)43(37)38(45)32-16-9-19-42(32)40(47)50-22-30-26-12-5-3-10-24(26)25-11-4-6-13-27(25)30/h3-8,10-15,17-18,20,30,32-33,37,41,44H,9,16,19,21-22H2,1-2H3/t32-,33-,37-/m0/s1. The number of hydrogen-bond acceptors (Lipinski definition) is 7. The Balaban J connectivity index is 1.14. The van der Waals surface area contributed by atoms with Gasteiger partial charge in [-0.15, -0.1) is 0 Å². The van der Waals surface area contributed by atoms with Gasteiger partial charge in [0, 0.05) is 35.5 Å². The van der Waals surface area contributed by atoms with Gasteiger partial charge in [0.05, 0.1) is 20.3 Å². The van der Waals surface area contributed by atoms with Crippen molar-refractivity contribution in [2.24, 2.45) is 0 Å². The predicted molar refractivity (Wildman–Crippen MR) is 186 cm³/mol. The number of amides is 2. The number of likely N-dealkylation sites (tertiary alicyclic amines) is 1. The molecule has 1 aromatic heterocycles. The number of hydrogen-bond donors (Lipinski definition) is 2. The molecule has 4 aromatic carbocycles. The number of carbonyl (C=O) groups is 3. The molecule has 10 heteroatoms. The van der Waals surface area contributed by atoms with Gasteiger partial charge in [0.15, 0.2) is 11.5 Å². The molecule has 10 nitrogen and oxygen atoms in total. The Hall–Kier alpha value is -5.77. The van der Waals surface area contributed by atoms with Crippen molar-refractivity contribution in [3.05, 3.63) is 119 Å². The molecule has 0 radical (unpaired) electrons. The molecule has 1 fully saturated rings. The van der Waals surface area contributed by atoms with Crippen LogP contribution in [-0.2, 0) is 25.5 Å². The molecule has 1 saturated heterocycles. The molecule has 0 unspecified atom stereocenters. The third-order valence-corrected chi connectivity index (χ3v) is 10.5. The fraction of sp³-hybridized carbons (Fsp3) is 0.275. The molecule has 3 atom stereocenters. The van der Waals surface area contributed by atoms with E-state index >= 15 is 0 Å². The van der Waals surface area contributed by atoms with Crippen molar-refractivity contribution in [1.82, 2.24) is 14.8 Å². The summed E-state index contributed by atoms with van der Waals surface area (Å²) in [6.45, 7) is 0.478. The number of benzene rings is 4. The van der Waals surface area contributed by atoms with E-state index in [2.05, 4.69) is 29.2 Å². The highest BCUT2D eigenvalue weighted by Crippen LogP contribution is 2.46. The van der Waals surface area contributed by atoms with E-state index in [-0.39, 0.29) is 36.4 Å². The highest BCUT2D eigenvalue weighted by Gasteiger charge is 2.48. The Kier molecular flexibility index (Phi) is 7.94. The Morgan fingerprint density at radius 1 is 0.880 bits per heavy atom. The second-order valence-electron chi connectivity index (χ2n) is 13.0. The average Bonchev–Trinajstić information content (AvgIpc) is 3.87. The SMILES string of the molecule is COC(=O)[C@@H]1Cc2c([nH]c3ccccc23)[C@H](c2ccc(O)c(OC)c2)N1C(=O)[C@@H]1CCCN1C(=O)OCC1c2ccccc2-c2ccccc21. The minimum atomic E-state index is -0.978. The van der Waals surface area contributed by atoms with Crippen LogP contribution in [0.4, 0.5) is 4.79 Å². The summed E-state index contributed by atoms with van der Waals surface area (Å²) in [5.74, 6) is -0.885. The van der Waals surface area contributed by atoms with Crippen LogP contribution < -0.4 is 4.74 Å². The van der Waals surface area contributed by atoms with E-state index in [0.717, 1.165) is 44.4 Å². The molecule has 2 amide bonds. The molecule has 2 aliphatic heterocycles. The fourth-order valence-corrected chi connectivity index (χ4v) is 8.18. The van der Waals surface area contributed by atoms with Crippen molar-refractivity contribution in [3.63, 3.8) is 0 Å². The zero-order valence-electron chi connectivity index (χ0n) is 27.8. The first kappa shape index (κ1) is 31.5. The quantitative estimate of drug-likeness (QED) is 0.203. The molecule has 0 bridgehead atoms. The first-order valence-electron chi connectivity index (χ1n) is 16.9. The number of methoxy groups -OCH3 is 2. The highest BCUT2D eigenvalue weighted by atomic mass is 16.6.